The minimum absolute atomic E-state index is 0.363. The molecule has 5 atom stereocenters. The first-order valence-corrected chi connectivity index (χ1v) is 9.70. The van der Waals surface area contributed by atoms with Crippen LogP contribution in [0, 0.1) is 11.3 Å². The molecule has 1 N–H and O–H groups in total. The summed E-state index contributed by atoms with van der Waals surface area (Å²) in [6.07, 6.45) is -4.17. The highest BCUT2D eigenvalue weighted by molar-refractivity contribution is 5.86. The van der Waals surface area contributed by atoms with Gasteiger partial charge in [0.15, 0.2) is 18.3 Å². The van der Waals surface area contributed by atoms with E-state index in [1.807, 2.05) is 0 Å². The lowest BCUT2D eigenvalue weighted by Crippen LogP contribution is -2.61. The van der Waals surface area contributed by atoms with E-state index in [0.717, 1.165) is 27.9 Å². The molecule has 1 amide bonds. The van der Waals surface area contributed by atoms with Gasteiger partial charge in [-0.05, 0) is 6.08 Å². The number of ether oxygens (including phenoxy) is 6. The van der Waals surface area contributed by atoms with Crippen LogP contribution in [0.3, 0.4) is 0 Å². The first kappa shape index (κ1) is 27.4. The molecule has 0 spiro atoms. The van der Waals surface area contributed by atoms with E-state index < -0.39 is 73.5 Å². The summed E-state index contributed by atoms with van der Waals surface area (Å²) in [7, 11) is 1.10. The van der Waals surface area contributed by atoms with Crippen molar-refractivity contribution < 1.29 is 52.4 Å². The lowest BCUT2D eigenvalue weighted by atomic mass is 9.93. The molecule has 13 heteroatoms. The minimum atomic E-state index is -1.48. The summed E-state index contributed by atoms with van der Waals surface area (Å²) in [5.74, 6) is -4.15. The zero-order chi connectivity index (χ0) is 25.1. The van der Waals surface area contributed by atoms with Gasteiger partial charge in [0.25, 0.3) is 0 Å². The van der Waals surface area contributed by atoms with Gasteiger partial charge in [0.1, 0.15) is 19.3 Å². The summed E-state index contributed by atoms with van der Waals surface area (Å²) in [6.45, 7) is 3.52. The van der Waals surface area contributed by atoms with Crippen LogP contribution in [0.5, 0.6) is 0 Å². The number of carbonyl (C=O) groups is 5. The van der Waals surface area contributed by atoms with Gasteiger partial charge in [-0.3, -0.25) is 19.2 Å². The Kier molecular flexibility index (Phi) is 10.8. The van der Waals surface area contributed by atoms with Crippen molar-refractivity contribution in [2.75, 3.05) is 20.3 Å². The largest absolute Gasteiger partial charge is 0.477 e. The number of esters is 4. The van der Waals surface area contributed by atoms with E-state index in [2.05, 4.69) is 10.1 Å². The molecular formula is C20H26N2O11. The molecule has 0 fully saturated rings. The molecule has 13 nitrogen and oxygen atoms in total. The fourth-order valence-corrected chi connectivity index (χ4v) is 3.03. The number of nitrogens with zero attached hydrogens (tertiary/aromatic N) is 1. The van der Waals surface area contributed by atoms with E-state index in [9.17, 15) is 24.0 Å². The summed E-state index contributed by atoms with van der Waals surface area (Å²) in [4.78, 5) is 59.0. The molecule has 182 valence electrons. The van der Waals surface area contributed by atoms with Gasteiger partial charge in [-0.1, -0.05) is 0 Å². The number of amides is 1. The first-order valence-electron chi connectivity index (χ1n) is 9.70. The van der Waals surface area contributed by atoms with Crippen molar-refractivity contribution in [2.24, 2.45) is 0 Å². The molecule has 0 aromatic heterocycles. The number of carbonyl (C=O) groups excluding carboxylic acids is 5. The molecule has 1 rings (SSSR count). The number of hydrogen-bond donors (Lipinski definition) is 1. The van der Waals surface area contributed by atoms with E-state index >= 15 is 0 Å². The summed E-state index contributed by atoms with van der Waals surface area (Å²) in [6, 6.07) is 0.650. The van der Waals surface area contributed by atoms with Crippen LogP contribution in [-0.4, -0.2) is 80.6 Å². The van der Waals surface area contributed by atoms with Crippen LogP contribution in [0.2, 0.25) is 0 Å². The average molecular weight is 470 g/mol. The standard InChI is InChI=1S/C20H26N2O11/c1-10(23)22-17-14(29-7-6-21)8-15(20(27)28-5)33-19(17)18(32-13(4)26)16(31-12(3)25)9-30-11(2)24/h8,14,16-19H,7,9H2,1-5H3,(H,22,23)/t14-,16+,17+,18-,19+/m0/s1. The number of methoxy groups -OCH3 is 1. The normalized spacial score (nSPS) is 21.1. The van der Waals surface area contributed by atoms with Crippen molar-refractivity contribution in [1.29, 1.82) is 5.26 Å². The van der Waals surface area contributed by atoms with Crippen LogP contribution in [0.4, 0.5) is 0 Å². The maximum atomic E-state index is 12.2. The molecule has 0 saturated carbocycles. The summed E-state index contributed by atoms with van der Waals surface area (Å²) >= 11 is 0. The number of nitriles is 1. The molecular weight excluding hydrogens is 444 g/mol. The fourth-order valence-electron chi connectivity index (χ4n) is 3.03. The summed E-state index contributed by atoms with van der Waals surface area (Å²) in [5.41, 5.74) is 0. The zero-order valence-electron chi connectivity index (χ0n) is 18.8. The highest BCUT2D eigenvalue weighted by Gasteiger charge is 2.48. The molecule has 0 saturated heterocycles. The van der Waals surface area contributed by atoms with Crippen LogP contribution < -0.4 is 5.32 Å². The number of rotatable bonds is 10. The lowest BCUT2D eigenvalue weighted by molar-refractivity contribution is -0.190. The second kappa shape index (κ2) is 13.0. The van der Waals surface area contributed by atoms with E-state index in [1.165, 1.54) is 13.0 Å². The van der Waals surface area contributed by atoms with Gasteiger partial charge in [-0.25, -0.2) is 4.79 Å². The maximum absolute atomic E-state index is 12.2. The Morgan fingerprint density at radius 3 is 2.21 bits per heavy atom. The van der Waals surface area contributed by atoms with E-state index in [-0.39, 0.29) is 5.76 Å². The molecule has 33 heavy (non-hydrogen) atoms. The Hall–Kier alpha value is -3.66. The Balaban J connectivity index is 3.55. The molecule has 1 aliphatic heterocycles. The highest BCUT2D eigenvalue weighted by atomic mass is 16.6. The molecule has 0 bridgehead atoms. The molecule has 0 aliphatic carbocycles. The minimum Gasteiger partial charge on any atom is -0.477 e. The van der Waals surface area contributed by atoms with Gasteiger partial charge in [-0.15, -0.1) is 0 Å². The monoisotopic (exact) mass is 470 g/mol. The Bertz CT molecular complexity index is 832. The Labute approximate surface area is 189 Å². The van der Waals surface area contributed by atoms with Gasteiger partial charge in [0.2, 0.25) is 11.7 Å². The predicted molar refractivity (Wildman–Crippen MR) is 106 cm³/mol. The molecule has 0 radical (unpaired) electrons. The predicted octanol–water partition coefficient (Wildman–Crippen LogP) is -0.718. The lowest BCUT2D eigenvalue weighted by Gasteiger charge is -2.41. The third-order valence-corrected chi connectivity index (χ3v) is 4.14. The Morgan fingerprint density at radius 2 is 1.73 bits per heavy atom. The van der Waals surface area contributed by atoms with Crippen molar-refractivity contribution in [3.05, 3.63) is 11.8 Å². The molecule has 1 heterocycles. The van der Waals surface area contributed by atoms with E-state index in [4.69, 9.17) is 28.9 Å². The first-order chi connectivity index (χ1) is 15.5. The number of nitrogens with one attached hydrogen (secondary N) is 1. The van der Waals surface area contributed by atoms with Crippen LogP contribution in [0.25, 0.3) is 0 Å². The topological polar surface area (TPSA) is 177 Å². The third kappa shape index (κ3) is 8.77. The summed E-state index contributed by atoms with van der Waals surface area (Å²) in [5, 5.41) is 11.5. The second-order valence-electron chi connectivity index (χ2n) is 6.79. The zero-order valence-corrected chi connectivity index (χ0v) is 18.8. The van der Waals surface area contributed by atoms with Crippen LogP contribution >= 0.6 is 0 Å². The van der Waals surface area contributed by atoms with Gasteiger partial charge in [0.05, 0.1) is 19.2 Å². The van der Waals surface area contributed by atoms with Gasteiger partial charge in [-0.2, -0.15) is 5.26 Å². The van der Waals surface area contributed by atoms with Gasteiger partial charge in [0, 0.05) is 27.7 Å². The SMILES string of the molecule is COC(=O)C1=C[C@H](OCC#N)[C@@H](NC(C)=O)[C@H]([C@@H](OC(C)=O)[C@@H](COC(C)=O)OC(C)=O)O1. The van der Waals surface area contributed by atoms with E-state index in [0.29, 0.717) is 0 Å². The van der Waals surface area contributed by atoms with Crippen molar-refractivity contribution in [2.45, 2.75) is 58.2 Å². The Morgan fingerprint density at radius 1 is 1.09 bits per heavy atom. The number of hydrogen-bond acceptors (Lipinski definition) is 12. The van der Waals surface area contributed by atoms with Crippen molar-refractivity contribution >= 4 is 29.8 Å². The van der Waals surface area contributed by atoms with Gasteiger partial charge < -0.3 is 33.7 Å². The van der Waals surface area contributed by atoms with E-state index in [1.54, 1.807) is 6.07 Å². The third-order valence-electron chi connectivity index (χ3n) is 4.14. The van der Waals surface area contributed by atoms with Crippen LogP contribution in [0.15, 0.2) is 11.8 Å². The molecule has 0 aromatic rings. The highest BCUT2D eigenvalue weighted by Crippen LogP contribution is 2.28. The van der Waals surface area contributed by atoms with Crippen molar-refractivity contribution in [1.82, 2.24) is 5.32 Å². The van der Waals surface area contributed by atoms with Gasteiger partial charge >= 0.3 is 23.9 Å². The van der Waals surface area contributed by atoms with Crippen LogP contribution in [0.1, 0.15) is 27.7 Å². The smallest absolute Gasteiger partial charge is 0.373 e. The second-order valence-corrected chi connectivity index (χ2v) is 6.79. The van der Waals surface area contributed by atoms with Crippen LogP contribution in [-0.2, 0) is 52.4 Å². The van der Waals surface area contributed by atoms with Crippen molar-refractivity contribution in [3.63, 3.8) is 0 Å². The molecule has 0 unspecified atom stereocenters. The quantitative estimate of drug-likeness (QED) is 0.314. The summed E-state index contributed by atoms with van der Waals surface area (Å²) < 4.78 is 31.3. The van der Waals surface area contributed by atoms with Crippen molar-refractivity contribution in [3.8, 4) is 6.07 Å². The molecule has 0 aromatic carbocycles. The average Bonchev–Trinajstić information content (AvgIpc) is 2.72. The molecule has 1 aliphatic rings. The fraction of sp³-hybridized carbons (Fsp3) is 0.600. The maximum Gasteiger partial charge on any atom is 0.373 e.